The summed E-state index contributed by atoms with van der Waals surface area (Å²) in [6.45, 7) is 4.65. The molecule has 0 bridgehead atoms. The molecule has 2 N–H and O–H groups in total. The molecule has 76 valence electrons. The van der Waals surface area contributed by atoms with Crippen LogP contribution in [0.5, 0.6) is 0 Å². The zero-order valence-electron chi connectivity index (χ0n) is 7.88. The van der Waals surface area contributed by atoms with Crippen LogP contribution in [-0.2, 0) is 6.54 Å². The summed E-state index contributed by atoms with van der Waals surface area (Å²) in [4.78, 5) is 0. The quantitative estimate of drug-likeness (QED) is 0.605. The highest BCUT2D eigenvalue weighted by molar-refractivity contribution is 4.98. The minimum absolute atomic E-state index is 0. The minimum Gasteiger partial charge on any atom is -1.00 e. The lowest BCUT2D eigenvalue weighted by atomic mass is 10.1. The van der Waals surface area contributed by atoms with Crippen molar-refractivity contribution in [3.8, 4) is 0 Å². The summed E-state index contributed by atoms with van der Waals surface area (Å²) in [6.07, 6.45) is 1.64. The Bertz CT molecular complexity index is 222. The number of aliphatic hydroxyl groups is 1. The summed E-state index contributed by atoms with van der Waals surface area (Å²) in [5, 5.41) is 12.1. The first kappa shape index (κ1) is 12.5. The van der Waals surface area contributed by atoms with E-state index < -0.39 is 0 Å². The van der Waals surface area contributed by atoms with Crippen LogP contribution >= 0.6 is 0 Å². The molecule has 1 aromatic heterocycles. The number of aliphatic hydroxyl groups excluding tert-OH is 1. The lowest BCUT2D eigenvalue weighted by Crippen LogP contribution is -3.00. The van der Waals surface area contributed by atoms with Gasteiger partial charge in [0.2, 0.25) is 0 Å². The second-order valence-electron chi connectivity index (χ2n) is 3.47. The number of hydrogen-bond acceptors (Lipinski definition) is 3. The Morgan fingerprint density at radius 2 is 2.23 bits per heavy atom. The lowest BCUT2D eigenvalue weighted by Gasteiger charge is -2.22. The molecule has 0 unspecified atom stereocenters. The van der Waals surface area contributed by atoms with Crippen molar-refractivity contribution in [2.75, 3.05) is 6.61 Å². The molecule has 0 aromatic carbocycles. The molecule has 0 aliphatic rings. The first-order chi connectivity index (χ1) is 5.64. The smallest absolute Gasteiger partial charge is 0.117 e. The highest BCUT2D eigenvalue weighted by Crippen LogP contribution is 2.04. The maximum Gasteiger partial charge on any atom is 0.117 e. The van der Waals surface area contributed by atoms with Crippen molar-refractivity contribution in [1.82, 2.24) is 5.32 Å². The van der Waals surface area contributed by atoms with E-state index in [2.05, 4.69) is 5.32 Å². The third-order valence-corrected chi connectivity index (χ3v) is 1.72. The van der Waals surface area contributed by atoms with E-state index in [0.717, 1.165) is 5.76 Å². The third kappa shape index (κ3) is 4.31. The van der Waals surface area contributed by atoms with Gasteiger partial charge in [0.1, 0.15) is 5.76 Å². The summed E-state index contributed by atoms with van der Waals surface area (Å²) in [6, 6.07) is 3.75. The molecule has 1 rings (SSSR count). The first-order valence-corrected chi connectivity index (χ1v) is 4.02. The Morgan fingerprint density at radius 1 is 1.54 bits per heavy atom. The van der Waals surface area contributed by atoms with Crippen LogP contribution in [0.25, 0.3) is 0 Å². The standard InChI is InChI=1S/C9H15NO2.ClH/c1-9(2,7-11)10-6-8-4-3-5-12-8;/h3-5,10-11H,6-7H2,1-2H3;1H/p-1. The van der Waals surface area contributed by atoms with Gasteiger partial charge in [0.15, 0.2) is 0 Å². The maximum absolute atomic E-state index is 8.93. The van der Waals surface area contributed by atoms with Crippen LogP contribution in [0.2, 0.25) is 0 Å². The monoisotopic (exact) mass is 204 g/mol. The SMILES string of the molecule is CC(C)(CO)NCc1ccco1.[Cl-]. The molecule has 3 nitrogen and oxygen atoms in total. The third-order valence-electron chi connectivity index (χ3n) is 1.72. The van der Waals surface area contributed by atoms with Crippen molar-refractivity contribution in [1.29, 1.82) is 0 Å². The van der Waals surface area contributed by atoms with Crippen LogP contribution in [0.4, 0.5) is 0 Å². The van der Waals surface area contributed by atoms with E-state index in [9.17, 15) is 0 Å². The Hall–Kier alpha value is -0.510. The summed E-state index contributed by atoms with van der Waals surface area (Å²) in [5.41, 5.74) is -0.243. The Morgan fingerprint density at radius 3 is 2.69 bits per heavy atom. The minimum atomic E-state index is -0.243. The van der Waals surface area contributed by atoms with Gasteiger partial charge in [-0.05, 0) is 26.0 Å². The van der Waals surface area contributed by atoms with Gasteiger partial charge in [-0.3, -0.25) is 0 Å². The normalized spacial score (nSPS) is 11.0. The highest BCUT2D eigenvalue weighted by atomic mass is 35.5. The summed E-state index contributed by atoms with van der Waals surface area (Å²) < 4.78 is 5.13. The molecule has 0 saturated heterocycles. The van der Waals surface area contributed by atoms with E-state index in [0.29, 0.717) is 6.54 Å². The molecule has 1 heterocycles. The van der Waals surface area contributed by atoms with Gasteiger partial charge < -0.3 is 27.2 Å². The van der Waals surface area contributed by atoms with E-state index in [1.54, 1.807) is 6.26 Å². The number of nitrogens with one attached hydrogen (secondary N) is 1. The van der Waals surface area contributed by atoms with Crippen LogP contribution in [0.15, 0.2) is 22.8 Å². The fraction of sp³-hybridized carbons (Fsp3) is 0.556. The second-order valence-corrected chi connectivity index (χ2v) is 3.47. The average Bonchev–Trinajstić information content (AvgIpc) is 2.53. The predicted molar refractivity (Wildman–Crippen MR) is 46.7 cm³/mol. The molecule has 4 heteroatoms. The summed E-state index contributed by atoms with van der Waals surface area (Å²) in [5.74, 6) is 0.886. The Labute approximate surface area is 84.5 Å². The van der Waals surface area contributed by atoms with Crippen LogP contribution in [0.3, 0.4) is 0 Å². The van der Waals surface area contributed by atoms with E-state index in [4.69, 9.17) is 9.52 Å². The predicted octanol–water partition coefficient (Wildman–Crippen LogP) is -1.86. The van der Waals surface area contributed by atoms with Crippen LogP contribution in [-0.4, -0.2) is 17.3 Å². The lowest BCUT2D eigenvalue weighted by molar-refractivity contribution is -0.00000406. The van der Waals surface area contributed by atoms with Crippen LogP contribution < -0.4 is 17.7 Å². The number of hydrogen-bond donors (Lipinski definition) is 2. The first-order valence-electron chi connectivity index (χ1n) is 4.02. The molecule has 0 aliphatic heterocycles. The van der Waals surface area contributed by atoms with E-state index in [-0.39, 0.29) is 24.6 Å². The fourth-order valence-corrected chi connectivity index (χ4v) is 0.795. The van der Waals surface area contributed by atoms with Gasteiger partial charge >= 0.3 is 0 Å². The summed E-state index contributed by atoms with van der Waals surface area (Å²) >= 11 is 0. The van der Waals surface area contributed by atoms with Gasteiger partial charge in [-0.25, -0.2) is 0 Å². The zero-order valence-corrected chi connectivity index (χ0v) is 8.64. The van der Waals surface area contributed by atoms with E-state index in [1.165, 1.54) is 0 Å². The molecule has 0 spiro atoms. The van der Waals surface area contributed by atoms with E-state index in [1.807, 2.05) is 26.0 Å². The topological polar surface area (TPSA) is 45.4 Å². The second kappa shape index (κ2) is 5.27. The van der Waals surface area contributed by atoms with Crippen molar-refractivity contribution < 1.29 is 21.9 Å². The van der Waals surface area contributed by atoms with Gasteiger partial charge in [0, 0.05) is 5.54 Å². The Kier molecular flexibility index (Phi) is 5.06. The Balaban J connectivity index is 0.00000144. The van der Waals surface area contributed by atoms with Crippen LogP contribution in [0, 0.1) is 0 Å². The average molecular weight is 205 g/mol. The van der Waals surface area contributed by atoms with Crippen molar-refractivity contribution in [2.45, 2.75) is 25.9 Å². The molecule has 0 radical (unpaired) electrons. The van der Waals surface area contributed by atoms with Gasteiger partial charge in [-0.2, -0.15) is 0 Å². The van der Waals surface area contributed by atoms with Crippen molar-refractivity contribution in [3.05, 3.63) is 24.2 Å². The molecule has 0 saturated carbocycles. The van der Waals surface area contributed by atoms with Crippen LogP contribution in [0.1, 0.15) is 19.6 Å². The van der Waals surface area contributed by atoms with Gasteiger partial charge in [0.25, 0.3) is 0 Å². The molecular weight excluding hydrogens is 190 g/mol. The molecule has 0 atom stereocenters. The van der Waals surface area contributed by atoms with Gasteiger partial charge in [0.05, 0.1) is 19.4 Å². The largest absolute Gasteiger partial charge is 1.00 e. The molecule has 0 aliphatic carbocycles. The molecule has 0 amide bonds. The molecule has 0 fully saturated rings. The molecular formula is C9H15ClNO2-. The number of furan rings is 1. The fourth-order valence-electron chi connectivity index (χ4n) is 0.795. The molecule has 13 heavy (non-hydrogen) atoms. The molecule has 1 aromatic rings. The van der Waals surface area contributed by atoms with Crippen molar-refractivity contribution in [2.24, 2.45) is 0 Å². The highest BCUT2D eigenvalue weighted by Gasteiger charge is 2.14. The van der Waals surface area contributed by atoms with Gasteiger partial charge in [-0.1, -0.05) is 0 Å². The van der Waals surface area contributed by atoms with Gasteiger partial charge in [-0.15, -0.1) is 0 Å². The number of rotatable bonds is 4. The number of halogens is 1. The van der Waals surface area contributed by atoms with E-state index >= 15 is 0 Å². The zero-order chi connectivity index (χ0) is 9.03. The van der Waals surface area contributed by atoms with Crippen molar-refractivity contribution in [3.63, 3.8) is 0 Å². The maximum atomic E-state index is 8.93. The summed E-state index contributed by atoms with van der Waals surface area (Å²) in [7, 11) is 0. The van der Waals surface area contributed by atoms with Crippen molar-refractivity contribution >= 4 is 0 Å².